The Morgan fingerprint density at radius 2 is 2.08 bits per heavy atom. The maximum Gasteiger partial charge on any atom is 0.260 e. The first-order chi connectivity index (χ1) is 5.54. The van der Waals surface area contributed by atoms with E-state index in [4.69, 9.17) is 10.5 Å². The zero-order valence-electron chi connectivity index (χ0n) is 7.28. The SMILES string of the molecule is CCC1(CC(F)(F)CN)COC1. The van der Waals surface area contributed by atoms with Crippen molar-refractivity contribution in [3.63, 3.8) is 0 Å². The molecule has 0 aromatic carbocycles. The topological polar surface area (TPSA) is 35.2 Å². The van der Waals surface area contributed by atoms with Crippen molar-refractivity contribution in [2.45, 2.75) is 25.7 Å². The predicted molar refractivity (Wildman–Crippen MR) is 42.2 cm³/mol. The van der Waals surface area contributed by atoms with Gasteiger partial charge in [-0.25, -0.2) is 8.78 Å². The maximum atomic E-state index is 12.9. The fraction of sp³-hybridized carbons (Fsp3) is 1.00. The van der Waals surface area contributed by atoms with Crippen molar-refractivity contribution in [1.82, 2.24) is 0 Å². The Labute approximate surface area is 71.1 Å². The van der Waals surface area contributed by atoms with Gasteiger partial charge in [0.05, 0.1) is 19.8 Å². The van der Waals surface area contributed by atoms with Crippen molar-refractivity contribution in [2.75, 3.05) is 19.8 Å². The minimum Gasteiger partial charge on any atom is -0.380 e. The van der Waals surface area contributed by atoms with Crippen LogP contribution < -0.4 is 5.73 Å². The van der Waals surface area contributed by atoms with Crippen molar-refractivity contribution < 1.29 is 13.5 Å². The van der Waals surface area contributed by atoms with E-state index in [1.165, 1.54) is 0 Å². The van der Waals surface area contributed by atoms with Crippen LogP contribution in [-0.2, 0) is 4.74 Å². The zero-order valence-corrected chi connectivity index (χ0v) is 7.28. The highest BCUT2D eigenvalue weighted by atomic mass is 19.3. The van der Waals surface area contributed by atoms with Crippen molar-refractivity contribution in [1.29, 1.82) is 0 Å². The van der Waals surface area contributed by atoms with E-state index in [9.17, 15) is 8.78 Å². The summed E-state index contributed by atoms with van der Waals surface area (Å²) in [5.74, 6) is -2.72. The first-order valence-corrected chi connectivity index (χ1v) is 4.19. The van der Waals surface area contributed by atoms with Crippen LogP contribution in [-0.4, -0.2) is 25.7 Å². The molecule has 1 heterocycles. The van der Waals surface area contributed by atoms with Crippen LogP contribution >= 0.6 is 0 Å². The average Bonchev–Trinajstić information content (AvgIpc) is 1.97. The molecule has 72 valence electrons. The van der Waals surface area contributed by atoms with E-state index in [0.717, 1.165) is 6.42 Å². The summed E-state index contributed by atoms with van der Waals surface area (Å²) >= 11 is 0. The van der Waals surface area contributed by atoms with Gasteiger partial charge in [0.15, 0.2) is 0 Å². The Morgan fingerprint density at radius 1 is 1.50 bits per heavy atom. The van der Waals surface area contributed by atoms with Crippen LogP contribution in [0.5, 0.6) is 0 Å². The maximum absolute atomic E-state index is 12.9. The molecule has 1 aliphatic heterocycles. The smallest absolute Gasteiger partial charge is 0.260 e. The Morgan fingerprint density at radius 3 is 2.33 bits per heavy atom. The molecule has 2 nitrogen and oxygen atoms in total. The summed E-state index contributed by atoms with van der Waals surface area (Å²) in [5, 5.41) is 0. The fourth-order valence-corrected chi connectivity index (χ4v) is 1.44. The summed E-state index contributed by atoms with van der Waals surface area (Å²) in [7, 11) is 0. The molecule has 0 spiro atoms. The monoisotopic (exact) mass is 179 g/mol. The molecular formula is C8H15F2NO. The van der Waals surface area contributed by atoms with Crippen LogP contribution in [0.25, 0.3) is 0 Å². The van der Waals surface area contributed by atoms with Gasteiger partial charge in [-0.15, -0.1) is 0 Å². The molecule has 12 heavy (non-hydrogen) atoms. The summed E-state index contributed by atoms with van der Waals surface area (Å²) in [6.45, 7) is 2.27. The normalized spacial score (nSPS) is 22.0. The number of halogens is 2. The molecule has 1 rings (SSSR count). The van der Waals surface area contributed by atoms with Crippen LogP contribution in [0.3, 0.4) is 0 Å². The standard InChI is InChI=1S/C8H15F2NO/c1-2-7(5-12-6-7)3-8(9,10)4-11/h2-6,11H2,1H3. The van der Waals surface area contributed by atoms with Gasteiger partial charge in [-0.05, 0) is 6.42 Å². The van der Waals surface area contributed by atoms with Gasteiger partial charge in [0.1, 0.15) is 0 Å². The Balaban J connectivity index is 2.47. The van der Waals surface area contributed by atoms with Crippen LogP contribution in [0, 0.1) is 5.41 Å². The molecule has 4 heteroatoms. The molecule has 1 fully saturated rings. The largest absolute Gasteiger partial charge is 0.380 e. The van der Waals surface area contributed by atoms with Crippen molar-refractivity contribution in [3.8, 4) is 0 Å². The third-order valence-electron chi connectivity index (χ3n) is 2.50. The molecule has 2 N–H and O–H groups in total. The van der Waals surface area contributed by atoms with Gasteiger partial charge in [0.2, 0.25) is 0 Å². The highest BCUT2D eigenvalue weighted by Gasteiger charge is 2.45. The number of rotatable bonds is 4. The van der Waals surface area contributed by atoms with Crippen molar-refractivity contribution in [3.05, 3.63) is 0 Å². The molecular weight excluding hydrogens is 164 g/mol. The van der Waals surface area contributed by atoms with Gasteiger partial charge >= 0.3 is 0 Å². The first-order valence-electron chi connectivity index (χ1n) is 4.19. The minimum absolute atomic E-state index is 0.132. The summed E-state index contributed by atoms with van der Waals surface area (Å²) in [4.78, 5) is 0. The molecule has 0 amide bonds. The molecule has 0 radical (unpaired) electrons. The van der Waals surface area contributed by atoms with Crippen molar-refractivity contribution >= 4 is 0 Å². The Hall–Kier alpha value is -0.220. The molecule has 0 atom stereocenters. The third-order valence-corrected chi connectivity index (χ3v) is 2.50. The molecule has 0 unspecified atom stereocenters. The number of alkyl halides is 2. The van der Waals surface area contributed by atoms with E-state index in [1.54, 1.807) is 0 Å². The lowest BCUT2D eigenvalue weighted by molar-refractivity contribution is -0.161. The van der Waals surface area contributed by atoms with Crippen LogP contribution in [0.2, 0.25) is 0 Å². The molecule has 0 saturated carbocycles. The lowest BCUT2D eigenvalue weighted by Crippen LogP contribution is -2.47. The van der Waals surface area contributed by atoms with E-state index >= 15 is 0 Å². The third kappa shape index (κ3) is 1.93. The molecule has 0 bridgehead atoms. The Kier molecular flexibility index (Phi) is 2.68. The fourth-order valence-electron chi connectivity index (χ4n) is 1.44. The molecule has 0 aliphatic carbocycles. The lowest BCUT2D eigenvalue weighted by Gasteiger charge is -2.42. The average molecular weight is 179 g/mol. The van der Waals surface area contributed by atoms with Gasteiger partial charge in [0, 0.05) is 11.8 Å². The zero-order chi connectivity index (χ0) is 9.24. The van der Waals surface area contributed by atoms with Crippen LogP contribution in [0.1, 0.15) is 19.8 Å². The molecule has 0 aromatic heterocycles. The van der Waals surface area contributed by atoms with Crippen LogP contribution in [0.4, 0.5) is 8.78 Å². The van der Waals surface area contributed by atoms with E-state index in [1.807, 2.05) is 6.92 Å². The van der Waals surface area contributed by atoms with Gasteiger partial charge in [-0.2, -0.15) is 0 Å². The number of nitrogens with two attached hydrogens (primary N) is 1. The summed E-state index contributed by atoms with van der Waals surface area (Å²) in [5.41, 5.74) is 4.65. The molecule has 1 aliphatic rings. The molecule has 0 aromatic rings. The minimum atomic E-state index is -2.72. The number of ether oxygens (including phenoxy) is 1. The Bertz CT molecular complexity index is 152. The van der Waals surface area contributed by atoms with E-state index in [0.29, 0.717) is 13.2 Å². The van der Waals surface area contributed by atoms with Crippen molar-refractivity contribution in [2.24, 2.45) is 11.1 Å². The van der Waals surface area contributed by atoms with E-state index < -0.39 is 12.5 Å². The lowest BCUT2D eigenvalue weighted by atomic mass is 9.78. The highest BCUT2D eigenvalue weighted by molar-refractivity contribution is 4.89. The van der Waals surface area contributed by atoms with Gasteiger partial charge in [-0.3, -0.25) is 0 Å². The second kappa shape index (κ2) is 3.26. The van der Waals surface area contributed by atoms with Gasteiger partial charge < -0.3 is 10.5 Å². The highest BCUT2D eigenvalue weighted by Crippen LogP contribution is 2.40. The van der Waals surface area contributed by atoms with Gasteiger partial charge in [-0.1, -0.05) is 6.92 Å². The first kappa shape index (κ1) is 9.86. The quantitative estimate of drug-likeness (QED) is 0.708. The second-order valence-electron chi connectivity index (χ2n) is 3.58. The number of hydrogen-bond donors (Lipinski definition) is 1. The second-order valence-corrected chi connectivity index (χ2v) is 3.58. The predicted octanol–water partition coefficient (Wildman–Crippen LogP) is 1.40. The van der Waals surface area contributed by atoms with Gasteiger partial charge in [0.25, 0.3) is 5.92 Å². The number of hydrogen-bond acceptors (Lipinski definition) is 2. The van der Waals surface area contributed by atoms with Crippen LogP contribution in [0.15, 0.2) is 0 Å². The summed E-state index contributed by atoms with van der Waals surface area (Å²) in [6.07, 6.45) is 0.607. The molecule has 1 saturated heterocycles. The van der Waals surface area contributed by atoms with E-state index in [2.05, 4.69) is 0 Å². The summed E-state index contributed by atoms with van der Waals surface area (Å²) in [6, 6.07) is 0. The van der Waals surface area contributed by atoms with E-state index in [-0.39, 0.29) is 11.8 Å². The summed E-state index contributed by atoms with van der Waals surface area (Å²) < 4.78 is 30.7.